The third kappa shape index (κ3) is 3.45. The fourth-order valence-electron chi connectivity index (χ4n) is 4.10. The zero-order valence-electron chi connectivity index (χ0n) is 14.7. The number of benzene rings is 1. The Balaban J connectivity index is 1.51. The minimum Gasteiger partial charge on any atom is -0.384 e. The van der Waals surface area contributed by atoms with Crippen molar-refractivity contribution in [2.75, 3.05) is 30.3 Å². The van der Waals surface area contributed by atoms with E-state index in [-0.39, 0.29) is 0 Å². The summed E-state index contributed by atoms with van der Waals surface area (Å²) in [5, 5.41) is 0. The van der Waals surface area contributed by atoms with Crippen molar-refractivity contribution in [1.82, 2.24) is 20.8 Å². The van der Waals surface area contributed by atoms with Gasteiger partial charge in [0.15, 0.2) is 0 Å². The van der Waals surface area contributed by atoms with Gasteiger partial charge < -0.3 is 10.6 Å². The number of aryl methyl sites for hydroxylation is 1. The molecule has 0 amide bonds. The molecule has 2 aliphatic heterocycles. The molecular weight excluding hydrogens is 312 g/mol. The Kier molecular flexibility index (Phi) is 4.55. The number of rotatable bonds is 3. The Morgan fingerprint density at radius 2 is 2.04 bits per heavy atom. The van der Waals surface area contributed by atoms with Crippen LogP contribution in [0.25, 0.3) is 0 Å². The van der Waals surface area contributed by atoms with E-state index in [0.717, 1.165) is 32.0 Å². The van der Waals surface area contributed by atoms with Crippen molar-refractivity contribution in [2.45, 2.75) is 31.7 Å². The monoisotopic (exact) mass is 338 g/mol. The molecule has 2 saturated heterocycles. The van der Waals surface area contributed by atoms with Crippen LogP contribution in [0.4, 0.5) is 11.8 Å². The average molecular weight is 338 g/mol. The quantitative estimate of drug-likeness (QED) is 0.793. The van der Waals surface area contributed by atoms with Crippen LogP contribution in [-0.4, -0.2) is 35.6 Å². The summed E-state index contributed by atoms with van der Waals surface area (Å²) in [6, 6.07) is 11.1. The smallest absolute Gasteiger partial charge is 0.227 e. The Labute approximate surface area is 148 Å². The fraction of sp³-hybridized carbons (Fsp3) is 0.474. The normalized spacial score (nSPS) is 26.8. The van der Waals surface area contributed by atoms with Gasteiger partial charge in [-0.3, -0.25) is 10.9 Å². The number of hydrazine groups is 1. The average Bonchev–Trinajstić information content (AvgIpc) is 3.12. The van der Waals surface area contributed by atoms with Gasteiger partial charge in [-0.05, 0) is 37.3 Å². The predicted octanol–water partition coefficient (Wildman–Crippen LogP) is 1.84. The molecule has 4 rings (SSSR count). The molecule has 1 aromatic carbocycles. The number of hydrogen-bond donors (Lipinski definition) is 3. The van der Waals surface area contributed by atoms with Crippen LogP contribution >= 0.6 is 0 Å². The van der Waals surface area contributed by atoms with Crippen LogP contribution < -0.4 is 21.5 Å². The molecule has 0 saturated carbocycles. The Hall–Kier alpha value is -2.18. The van der Waals surface area contributed by atoms with E-state index in [1.807, 2.05) is 0 Å². The van der Waals surface area contributed by atoms with Crippen molar-refractivity contribution >= 4 is 11.8 Å². The standard InChI is InChI=1S/C19H26N6/c1-13-4-6-14(7-5-13)16-11-22-24-18(16)15-3-2-10-25(12-15)19-21-9-8-17(20)23-19/h4-9,15-16,18,22,24H,2-3,10-12H2,1H3,(H2,20,21,23). The zero-order chi connectivity index (χ0) is 17.2. The highest BCUT2D eigenvalue weighted by molar-refractivity contribution is 5.38. The van der Waals surface area contributed by atoms with Gasteiger partial charge in [-0.1, -0.05) is 29.8 Å². The third-order valence-electron chi connectivity index (χ3n) is 5.44. The van der Waals surface area contributed by atoms with Gasteiger partial charge in [-0.2, -0.15) is 4.98 Å². The maximum Gasteiger partial charge on any atom is 0.227 e. The number of aromatic nitrogens is 2. The molecule has 25 heavy (non-hydrogen) atoms. The first-order valence-electron chi connectivity index (χ1n) is 9.09. The van der Waals surface area contributed by atoms with Gasteiger partial charge in [-0.15, -0.1) is 0 Å². The highest BCUT2D eigenvalue weighted by atomic mass is 15.4. The van der Waals surface area contributed by atoms with Gasteiger partial charge in [-0.25, -0.2) is 4.98 Å². The van der Waals surface area contributed by atoms with E-state index < -0.39 is 0 Å². The lowest BCUT2D eigenvalue weighted by atomic mass is 9.81. The molecule has 3 heterocycles. The number of anilines is 2. The Morgan fingerprint density at radius 3 is 2.84 bits per heavy atom. The molecular formula is C19H26N6. The lowest BCUT2D eigenvalue weighted by molar-refractivity contribution is 0.303. The minimum absolute atomic E-state index is 0.423. The Morgan fingerprint density at radius 1 is 1.20 bits per heavy atom. The van der Waals surface area contributed by atoms with Crippen LogP contribution in [0, 0.1) is 12.8 Å². The number of nitrogens with two attached hydrogens (primary N) is 1. The van der Waals surface area contributed by atoms with E-state index in [2.05, 4.69) is 56.9 Å². The van der Waals surface area contributed by atoms with Gasteiger partial charge in [0, 0.05) is 37.8 Å². The summed E-state index contributed by atoms with van der Waals surface area (Å²) in [5.74, 6) is 2.33. The Bertz CT molecular complexity index is 716. The summed E-state index contributed by atoms with van der Waals surface area (Å²) in [6.07, 6.45) is 4.12. The largest absolute Gasteiger partial charge is 0.384 e. The first-order valence-corrected chi connectivity index (χ1v) is 9.09. The van der Waals surface area contributed by atoms with Gasteiger partial charge in [0.2, 0.25) is 5.95 Å². The number of nitrogens with one attached hydrogen (secondary N) is 2. The van der Waals surface area contributed by atoms with E-state index in [0.29, 0.717) is 23.7 Å². The van der Waals surface area contributed by atoms with Crippen molar-refractivity contribution < 1.29 is 0 Å². The van der Waals surface area contributed by atoms with Crippen LogP contribution in [0.3, 0.4) is 0 Å². The lowest BCUT2D eigenvalue weighted by Crippen LogP contribution is -2.47. The fourth-order valence-corrected chi connectivity index (χ4v) is 4.10. The van der Waals surface area contributed by atoms with E-state index in [1.165, 1.54) is 17.5 Å². The van der Waals surface area contributed by atoms with Gasteiger partial charge >= 0.3 is 0 Å². The van der Waals surface area contributed by atoms with E-state index in [9.17, 15) is 0 Å². The van der Waals surface area contributed by atoms with Gasteiger partial charge in [0.05, 0.1) is 0 Å². The molecule has 0 aliphatic carbocycles. The second-order valence-corrected chi connectivity index (χ2v) is 7.20. The van der Waals surface area contributed by atoms with Crippen LogP contribution in [0.1, 0.15) is 29.9 Å². The molecule has 0 bridgehead atoms. The maximum atomic E-state index is 5.83. The second-order valence-electron chi connectivity index (χ2n) is 7.20. The van der Waals surface area contributed by atoms with Crippen LogP contribution in [-0.2, 0) is 0 Å². The zero-order valence-corrected chi connectivity index (χ0v) is 14.7. The maximum absolute atomic E-state index is 5.83. The van der Waals surface area contributed by atoms with Crippen molar-refractivity contribution in [1.29, 1.82) is 0 Å². The number of piperidine rings is 1. The SMILES string of the molecule is Cc1ccc(C2CNNC2C2CCCN(c3nccc(N)n3)C2)cc1. The first-order chi connectivity index (χ1) is 12.2. The molecule has 132 valence electrons. The van der Waals surface area contributed by atoms with Crippen molar-refractivity contribution in [3.05, 3.63) is 47.7 Å². The van der Waals surface area contributed by atoms with Crippen LogP contribution in [0.15, 0.2) is 36.5 Å². The molecule has 4 N–H and O–H groups in total. The second kappa shape index (κ2) is 6.98. The highest BCUT2D eigenvalue weighted by Gasteiger charge is 2.37. The van der Waals surface area contributed by atoms with Crippen molar-refractivity contribution in [2.24, 2.45) is 5.92 Å². The summed E-state index contributed by atoms with van der Waals surface area (Å²) in [6.45, 7) is 5.07. The highest BCUT2D eigenvalue weighted by Crippen LogP contribution is 2.32. The molecule has 1 aromatic heterocycles. The summed E-state index contributed by atoms with van der Waals surface area (Å²) >= 11 is 0. The molecule has 6 heteroatoms. The van der Waals surface area contributed by atoms with Gasteiger partial charge in [0.25, 0.3) is 0 Å². The number of hydrogen-bond acceptors (Lipinski definition) is 6. The van der Waals surface area contributed by atoms with E-state index >= 15 is 0 Å². The molecule has 3 atom stereocenters. The van der Waals surface area contributed by atoms with Gasteiger partial charge in [0.1, 0.15) is 5.82 Å². The van der Waals surface area contributed by atoms with Crippen LogP contribution in [0.2, 0.25) is 0 Å². The van der Waals surface area contributed by atoms with Crippen molar-refractivity contribution in [3.63, 3.8) is 0 Å². The molecule has 2 aromatic rings. The molecule has 3 unspecified atom stereocenters. The molecule has 0 spiro atoms. The number of nitrogen functional groups attached to an aromatic ring is 1. The molecule has 2 aliphatic rings. The van der Waals surface area contributed by atoms with Crippen molar-refractivity contribution in [3.8, 4) is 0 Å². The summed E-state index contributed by atoms with van der Waals surface area (Å²) in [5.41, 5.74) is 15.5. The summed E-state index contributed by atoms with van der Waals surface area (Å²) in [7, 11) is 0. The third-order valence-corrected chi connectivity index (χ3v) is 5.44. The molecule has 0 radical (unpaired) electrons. The topological polar surface area (TPSA) is 79.1 Å². The van der Waals surface area contributed by atoms with E-state index in [4.69, 9.17) is 5.73 Å². The molecule has 2 fully saturated rings. The summed E-state index contributed by atoms with van der Waals surface area (Å²) < 4.78 is 0. The molecule has 6 nitrogen and oxygen atoms in total. The predicted molar refractivity (Wildman–Crippen MR) is 100 cm³/mol. The number of nitrogens with zero attached hydrogens (tertiary/aromatic N) is 3. The minimum atomic E-state index is 0.423. The first kappa shape index (κ1) is 16.3. The summed E-state index contributed by atoms with van der Waals surface area (Å²) in [4.78, 5) is 11.1. The lowest BCUT2D eigenvalue weighted by Gasteiger charge is -2.37. The van der Waals surface area contributed by atoms with Crippen LogP contribution in [0.5, 0.6) is 0 Å². The van der Waals surface area contributed by atoms with E-state index in [1.54, 1.807) is 12.3 Å².